The van der Waals surface area contributed by atoms with Gasteiger partial charge in [-0.2, -0.15) is 4.98 Å². The van der Waals surface area contributed by atoms with Gasteiger partial charge in [-0.05, 0) is 25.5 Å². The standard InChI is InChI=1S/C13H17N3O/c1-10-4-6-11(7-5-10)9-12-15-13(17-16-12)3-2-8-14/h4-7H,2-3,8-9,14H2,1H3. The maximum Gasteiger partial charge on any atom is 0.226 e. The Kier molecular flexibility index (Phi) is 3.88. The Morgan fingerprint density at radius 2 is 2.00 bits per heavy atom. The van der Waals surface area contributed by atoms with Crippen LogP contribution in [0.2, 0.25) is 0 Å². The van der Waals surface area contributed by atoms with Gasteiger partial charge in [0.25, 0.3) is 0 Å². The van der Waals surface area contributed by atoms with Gasteiger partial charge in [0.2, 0.25) is 5.89 Å². The summed E-state index contributed by atoms with van der Waals surface area (Å²) in [5.41, 5.74) is 7.88. The smallest absolute Gasteiger partial charge is 0.226 e. The van der Waals surface area contributed by atoms with E-state index in [2.05, 4.69) is 41.3 Å². The molecule has 0 saturated heterocycles. The summed E-state index contributed by atoms with van der Waals surface area (Å²) in [6.45, 7) is 2.72. The molecule has 2 rings (SSSR count). The summed E-state index contributed by atoms with van der Waals surface area (Å²) in [5, 5.41) is 3.96. The summed E-state index contributed by atoms with van der Waals surface area (Å²) >= 11 is 0. The minimum atomic E-state index is 0.648. The van der Waals surface area contributed by atoms with Crippen LogP contribution in [-0.4, -0.2) is 16.7 Å². The zero-order chi connectivity index (χ0) is 12.1. The van der Waals surface area contributed by atoms with Crippen molar-refractivity contribution >= 4 is 0 Å². The Labute approximate surface area is 101 Å². The maximum absolute atomic E-state index is 5.43. The van der Waals surface area contributed by atoms with Crippen LogP contribution in [0.4, 0.5) is 0 Å². The fourth-order valence-electron chi connectivity index (χ4n) is 1.61. The number of rotatable bonds is 5. The highest BCUT2D eigenvalue weighted by Crippen LogP contribution is 2.09. The number of nitrogens with two attached hydrogens (primary N) is 1. The first-order chi connectivity index (χ1) is 8.28. The third kappa shape index (κ3) is 3.39. The summed E-state index contributed by atoms with van der Waals surface area (Å²) in [6.07, 6.45) is 2.36. The van der Waals surface area contributed by atoms with Crippen molar-refractivity contribution < 1.29 is 4.52 Å². The van der Waals surface area contributed by atoms with Gasteiger partial charge in [0.15, 0.2) is 5.82 Å². The number of hydrogen-bond donors (Lipinski definition) is 1. The first-order valence-corrected chi connectivity index (χ1v) is 5.85. The number of hydrogen-bond acceptors (Lipinski definition) is 4. The molecular formula is C13H17N3O. The molecule has 0 spiro atoms. The van der Waals surface area contributed by atoms with Gasteiger partial charge in [0.05, 0.1) is 0 Å². The molecule has 4 nitrogen and oxygen atoms in total. The van der Waals surface area contributed by atoms with Crippen LogP contribution in [0.3, 0.4) is 0 Å². The number of aryl methyl sites for hydroxylation is 2. The third-order valence-corrected chi connectivity index (χ3v) is 2.59. The van der Waals surface area contributed by atoms with E-state index in [1.54, 1.807) is 0 Å². The lowest BCUT2D eigenvalue weighted by Crippen LogP contribution is -2.00. The number of aromatic nitrogens is 2. The Bertz CT molecular complexity index is 462. The molecule has 0 saturated carbocycles. The average Bonchev–Trinajstić information content (AvgIpc) is 2.77. The Morgan fingerprint density at radius 3 is 2.71 bits per heavy atom. The third-order valence-electron chi connectivity index (χ3n) is 2.59. The van der Waals surface area contributed by atoms with Gasteiger partial charge < -0.3 is 10.3 Å². The highest BCUT2D eigenvalue weighted by atomic mass is 16.5. The van der Waals surface area contributed by atoms with Crippen LogP contribution in [0, 0.1) is 6.92 Å². The van der Waals surface area contributed by atoms with E-state index in [1.165, 1.54) is 11.1 Å². The molecule has 1 aromatic carbocycles. The van der Waals surface area contributed by atoms with E-state index in [-0.39, 0.29) is 0 Å². The summed E-state index contributed by atoms with van der Waals surface area (Å²) in [6, 6.07) is 8.35. The molecule has 0 amide bonds. The fourth-order valence-corrected chi connectivity index (χ4v) is 1.61. The topological polar surface area (TPSA) is 64.9 Å². The maximum atomic E-state index is 5.43. The molecule has 0 aliphatic rings. The van der Waals surface area contributed by atoms with Gasteiger partial charge in [-0.1, -0.05) is 35.0 Å². The van der Waals surface area contributed by atoms with E-state index in [1.807, 2.05) is 0 Å². The molecule has 4 heteroatoms. The van der Waals surface area contributed by atoms with E-state index in [9.17, 15) is 0 Å². The van der Waals surface area contributed by atoms with Crippen LogP contribution in [0.5, 0.6) is 0 Å². The zero-order valence-electron chi connectivity index (χ0n) is 10.0. The highest BCUT2D eigenvalue weighted by Gasteiger charge is 2.06. The van der Waals surface area contributed by atoms with Crippen LogP contribution in [0.15, 0.2) is 28.8 Å². The summed E-state index contributed by atoms with van der Waals surface area (Å²) < 4.78 is 5.15. The predicted molar refractivity (Wildman–Crippen MR) is 65.7 cm³/mol. The number of nitrogens with zero attached hydrogens (tertiary/aromatic N) is 2. The van der Waals surface area contributed by atoms with Gasteiger partial charge in [-0.15, -0.1) is 0 Å². The van der Waals surface area contributed by atoms with E-state index in [0.717, 1.165) is 18.7 Å². The zero-order valence-corrected chi connectivity index (χ0v) is 10.0. The molecule has 0 unspecified atom stereocenters. The van der Waals surface area contributed by atoms with E-state index < -0.39 is 0 Å². The molecule has 0 aliphatic carbocycles. The first-order valence-electron chi connectivity index (χ1n) is 5.85. The largest absolute Gasteiger partial charge is 0.339 e. The van der Waals surface area contributed by atoms with Crippen molar-refractivity contribution in [2.75, 3.05) is 6.54 Å². The van der Waals surface area contributed by atoms with Gasteiger partial charge in [0, 0.05) is 12.8 Å². The predicted octanol–water partition coefficient (Wildman–Crippen LogP) is 1.86. The lowest BCUT2D eigenvalue weighted by Gasteiger charge is -1.97. The van der Waals surface area contributed by atoms with Crippen molar-refractivity contribution in [3.8, 4) is 0 Å². The second-order valence-corrected chi connectivity index (χ2v) is 4.16. The molecule has 0 atom stereocenters. The molecule has 0 bridgehead atoms. The fraction of sp³-hybridized carbons (Fsp3) is 0.385. The van der Waals surface area contributed by atoms with Crippen molar-refractivity contribution in [2.45, 2.75) is 26.2 Å². The van der Waals surface area contributed by atoms with Crippen LogP contribution in [0.1, 0.15) is 29.3 Å². The second-order valence-electron chi connectivity index (χ2n) is 4.16. The molecule has 17 heavy (non-hydrogen) atoms. The van der Waals surface area contributed by atoms with Crippen LogP contribution in [0.25, 0.3) is 0 Å². The monoisotopic (exact) mass is 231 g/mol. The van der Waals surface area contributed by atoms with Crippen molar-refractivity contribution in [2.24, 2.45) is 5.73 Å². The molecule has 0 aliphatic heterocycles. The van der Waals surface area contributed by atoms with Crippen LogP contribution in [-0.2, 0) is 12.8 Å². The normalized spacial score (nSPS) is 10.7. The summed E-state index contributed by atoms with van der Waals surface area (Å²) in [4.78, 5) is 4.33. The summed E-state index contributed by atoms with van der Waals surface area (Å²) in [5.74, 6) is 1.42. The molecular weight excluding hydrogens is 214 g/mol. The first kappa shape index (κ1) is 11.8. The van der Waals surface area contributed by atoms with Crippen molar-refractivity contribution in [1.82, 2.24) is 10.1 Å². The van der Waals surface area contributed by atoms with Gasteiger partial charge in [0.1, 0.15) is 0 Å². The van der Waals surface area contributed by atoms with Gasteiger partial charge in [-0.3, -0.25) is 0 Å². The molecule has 2 N–H and O–H groups in total. The SMILES string of the molecule is Cc1ccc(Cc2noc(CCCN)n2)cc1. The molecule has 2 aromatic rings. The molecule has 0 radical (unpaired) electrons. The van der Waals surface area contributed by atoms with Crippen molar-refractivity contribution in [3.05, 3.63) is 47.1 Å². The van der Waals surface area contributed by atoms with E-state index >= 15 is 0 Å². The van der Waals surface area contributed by atoms with Crippen molar-refractivity contribution in [3.63, 3.8) is 0 Å². The molecule has 1 heterocycles. The number of benzene rings is 1. The second kappa shape index (κ2) is 5.59. The minimum Gasteiger partial charge on any atom is -0.339 e. The average molecular weight is 231 g/mol. The Hall–Kier alpha value is -1.68. The van der Waals surface area contributed by atoms with Crippen LogP contribution < -0.4 is 5.73 Å². The Balaban J connectivity index is 1.98. The highest BCUT2D eigenvalue weighted by molar-refractivity contribution is 5.23. The lowest BCUT2D eigenvalue weighted by molar-refractivity contribution is 0.371. The van der Waals surface area contributed by atoms with Gasteiger partial charge in [-0.25, -0.2) is 0 Å². The molecule has 90 valence electrons. The lowest BCUT2D eigenvalue weighted by atomic mass is 10.1. The van der Waals surface area contributed by atoms with Crippen molar-refractivity contribution in [1.29, 1.82) is 0 Å². The molecule has 1 aromatic heterocycles. The summed E-state index contributed by atoms with van der Waals surface area (Å²) in [7, 11) is 0. The van der Waals surface area contributed by atoms with E-state index in [0.29, 0.717) is 18.9 Å². The molecule has 0 fully saturated rings. The van der Waals surface area contributed by atoms with Gasteiger partial charge >= 0.3 is 0 Å². The Morgan fingerprint density at radius 1 is 1.24 bits per heavy atom. The minimum absolute atomic E-state index is 0.648. The van der Waals surface area contributed by atoms with E-state index in [4.69, 9.17) is 10.3 Å². The quantitative estimate of drug-likeness (QED) is 0.853. The van der Waals surface area contributed by atoms with Crippen LogP contribution >= 0.6 is 0 Å².